The van der Waals surface area contributed by atoms with Gasteiger partial charge in [0.1, 0.15) is 5.82 Å². The van der Waals surface area contributed by atoms with Crippen LogP contribution in [0.5, 0.6) is 0 Å². The minimum absolute atomic E-state index is 0.773. The topological polar surface area (TPSA) is 50.9 Å². The van der Waals surface area contributed by atoms with Gasteiger partial charge in [0.25, 0.3) is 0 Å². The summed E-state index contributed by atoms with van der Waals surface area (Å²) in [6, 6.07) is 9.93. The Hall–Kier alpha value is -2.03. The molecule has 0 amide bonds. The highest BCUT2D eigenvalue weighted by atomic mass is 15.0. The van der Waals surface area contributed by atoms with Crippen LogP contribution in [0.1, 0.15) is 5.56 Å². The van der Waals surface area contributed by atoms with Gasteiger partial charge in [0.2, 0.25) is 0 Å². The van der Waals surface area contributed by atoms with Gasteiger partial charge in [0.15, 0.2) is 0 Å². The lowest BCUT2D eigenvalue weighted by atomic mass is 10.0. The van der Waals surface area contributed by atoms with E-state index in [1.165, 1.54) is 0 Å². The third kappa shape index (κ3) is 1.98. The van der Waals surface area contributed by atoms with Crippen molar-refractivity contribution in [1.82, 2.24) is 4.98 Å². The highest BCUT2D eigenvalue weighted by Crippen LogP contribution is 2.27. The van der Waals surface area contributed by atoms with E-state index >= 15 is 0 Å². The smallest absolute Gasteiger partial charge is 0.133 e. The Bertz CT molecular complexity index is 489. The number of hydrogen-bond acceptors (Lipinski definition) is 3. The third-order valence-electron chi connectivity index (χ3n) is 2.48. The zero-order chi connectivity index (χ0) is 11.5. The molecule has 3 nitrogen and oxygen atoms in total. The predicted molar refractivity (Wildman–Crippen MR) is 68.4 cm³/mol. The second-order valence-corrected chi connectivity index (χ2v) is 3.78. The molecule has 0 atom stereocenters. The molecule has 0 radical (unpaired) electrons. The number of rotatable bonds is 2. The molecule has 0 bridgehead atoms. The molecular weight excluding hydrogens is 198 g/mol. The number of aromatic nitrogens is 1. The van der Waals surface area contributed by atoms with Gasteiger partial charge in [-0.1, -0.05) is 12.1 Å². The first-order valence-electron chi connectivity index (χ1n) is 5.21. The lowest BCUT2D eigenvalue weighted by molar-refractivity contribution is 1.25. The standard InChI is InChI=1S/C13H15N3/c1-9-7-12(13(15-2)16-8-9)10-3-5-11(14)6-4-10/h3-8H,14H2,1-2H3,(H,15,16). The molecule has 2 aromatic rings. The molecule has 2 rings (SSSR count). The van der Waals surface area contributed by atoms with Gasteiger partial charge < -0.3 is 11.1 Å². The fraction of sp³-hybridized carbons (Fsp3) is 0.154. The fourth-order valence-corrected chi connectivity index (χ4v) is 1.65. The monoisotopic (exact) mass is 213 g/mol. The minimum Gasteiger partial charge on any atom is -0.399 e. The molecule has 0 fully saturated rings. The highest BCUT2D eigenvalue weighted by molar-refractivity contribution is 5.76. The molecular formula is C13H15N3. The van der Waals surface area contributed by atoms with Gasteiger partial charge in [-0.2, -0.15) is 0 Å². The molecule has 0 aliphatic carbocycles. The van der Waals surface area contributed by atoms with E-state index in [1.54, 1.807) is 0 Å². The van der Waals surface area contributed by atoms with Gasteiger partial charge in [0, 0.05) is 24.5 Å². The molecule has 3 heteroatoms. The van der Waals surface area contributed by atoms with Crippen LogP contribution in [0.3, 0.4) is 0 Å². The highest BCUT2D eigenvalue weighted by Gasteiger charge is 2.05. The SMILES string of the molecule is CNc1ncc(C)cc1-c1ccc(N)cc1. The number of hydrogen-bond donors (Lipinski definition) is 2. The quantitative estimate of drug-likeness (QED) is 0.754. The van der Waals surface area contributed by atoms with Crippen LogP contribution in [0, 0.1) is 6.92 Å². The van der Waals surface area contributed by atoms with Crippen molar-refractivity contribution in [2.24, 2.45) is 0 Å². The van der Waals surface area contributed by atoms with E-state index in [4.69, 9.17) is 5.73 Å². The molecule has 0 saturated carbocycles. The van der Waals surface area contributed by atoms with Crippen molar-refractivity contribution in [2.45, 2.75) is 6.92 Å². The van der Waals surface area contributed by atoms with Crippen molar-refractivity contribution >= 4 is 11.5 Å². The second-order valence-electron chi connectivity index (χ2n) is 3.78. The van der Waals surface area contributed by atoms with Gasteiger partial charge in [0.05, 0.1) is 0 Å². The Morgan fingerprint density at radius 2 is 1.88 bits per heavy atom. The first-order valence-corrected chi connectivity index (χ1v) is 5.21. The first-order chi connectivity index (χ1) is 7.70. The maximum absolute atomic E-state index is 5.67. The summed E-state index contributed by atoms with van der Waals surface area (Å²) < 4.78 is 0. The summed E-state index contributed by atoms with van der Waals surface area (Å²) in [4.78, 5) is 4.35. The van der Waals surface area contributed by atoms with E-state index in [2.05, 4.69) is 16.4 Å². The lowest BCUT2D eigenvalue weighted by Crippen LogP contribution is -1.96. The Labute approximate surface area is 95.3 Å². The summed E-state index contributed by atoms with van der Waals surface area (Å²) in [7, 11) is 1.87. The molecule has 0 aliphatic heterocycles. The number of benzene rings is 1. The zero-order valence-corrected chi connectivity index (χ0v) is 9.49. The van der Waals surface area contributed by atoms with Crippen LogP contribution in [0.4, 0.5) is 11.5 Å². The predicted octanol–water partition coefficient (Wildman–Crippen LogP) is 2.68. The van der Waals surface area contributed by atoms with Crippen LogP contribution >= 0.6 is 0 Å². The maximum Gasteiger partial charge on any atom is 0.133 e. The van der Waals surface area contributed by atoms with E-state index in [1.807, 2.05) is 44.4 Å². The maximum atomic E-state index is 5.67. The molecule has 1 aromatic heterocycles. The molecule has 0 spiro atoms. The minimum atomic E-state index is 0.773. The fourth-order valence-electron chi connectivity index (χ4n) is 1.65. The number of nitrogen functional groups attached to an aromatic ring is 1. The molecule has 1 heterocycles. The van der Waals surface area contributed by atoms with E-state index in [-0.39, 0.29) is 0 Å². The normalized spacial score (nSPS) is 10.1. The van der Waals surface area contributed by atoms with Crippen molar-refractivity contribution in [1.29, 1.82) is 0 Å². The Kier molecular flexibility index (Phi) is 2.77. The molecule has 16 heavy (non-hydrogen) atoms. The van der Waals surface area contributed by atoms with Crippen molar-refractivity contribution in [3.05, 3.63) is 42.1 Å². The van der Waals surface area contributed by atoms with Crippen LogP contribution in [0.2, 0.25) is 0 Å². The summed E-state index contributed by atoms with van der Waals surface area (Å²) in [5.41, 5.74) is 9.81. The summed E-state index contributed by atoms with van der Waals surface area (Å²) in [6.07, 6.45) is 1.85. The average molecular weight is 213 g/mol. The van der Waals surface area contributed by atoms with Gasteiger partial charge in [-0.3, -0.25) is 0 Å². The largest absolute Gasteiger partial charge is 0.399 e. The number of nitrogens with zero attached hydrogens (tertiary/aromatic N) is 1. The summed E-state index contributed by atoms with van der Waals surface area (Å²) in [6.45, 7) is 2.03. The Morgan fingerprint density at radius 1 is 1.19 bits per heavy atom. The van der Waals surface area contributed by atoms with Gasteiger partial charge in [-0.05, 0) is 36.2 Å². The average Bonchev–Trinajstić information content (AvgIpc) is 2.30. The second kappa shape index (κ2) is 4.23. The summed E-state index contributed by atoms with van der Waals surface area (Å²) in [5, 5.41) is 3.09. The number of nitrogens with two attached hydrogens (primary N) is 1. The van der Waals surface area contributed by atoms with Crippen LogP contribution in [0.15, 0.2) is 36.5 Å². The van der Waals surface area contributed by atoms with Crippen LogP contribution < -0.4 is 11.1 Å². The van der Waals surface area contributed by atoms with Gasteiger partial charge in [-0.15, -0.1) is 0 Å². The lowest BCUT2D eigenvalue weighted by Gasteiger charge is -2.09. The molecule has 1 aromatic carbocycles. The molecule has 82 valence electrons. The first kappa shape index (κ1) is 10.5. The van der Waals surface area contributed by atoms with E-state index < -0.39 is 0 Å². The Morgan fingerprint density at radius 3 is 2.50 bits per heavy atom. The van der Waals surface area contributed by atoms with Crippen LogP contribution in [0.25, 0.3) is 11.1 Å². The number of pyridine rings is 1. The summed E-state index contributed by atoms with van der Waals surface area (Å²) in [5.74, 6) is 0.885. The van der Waals surface area contributed by atoms with Gasteiger partial charge >= 0.3 is 0 Å². The van der Waals surface area contributed by atoms with Gasteiger partial charge in [-0.25, -0.2) is 4.98 Å². The third-order valence-corrected chi connectivity index (χ3v) is 2.48. The Balaban J connectivity index is 2.53. The van der Waals surface area contributed by atoms with Crippen molar-refractivity contribution in [3.8, 4) is 11.1 Å². The molecule has 3 N–H and O–H groups in total. The van der Waals surface area contributed by atoms with Crippen LogP contribution in [-0.2, 0) is 0 Å². The van der Waals surface area contributed by atoms with E-state index in [9.17, 15) is 0 Å². The number of nitrogens with one attached hydrogen (secondary N) is 1. The van der Waals surface area contributed by atoms with E-state index in [0.717, 1.165) is 28.2 Å². The van der Waals surface area contributed by atoms with E-state index in [0.29, 0.717) is 0 Å². The molecule has 0 saturated heterocycles. The van der Waals surface area contributed by atoms with Crippen molar-refractivity contribution < 1.29 is 0 Å². The number of anilines is 2. The molecule has 0 unspecified atom stereocenters. The zero-order valence-electron chi connectivity index (χ0n) is 9.49. The van der Waals surface area contributed by atoms with Crippen molar-refractivity contribution in [2.75, 3.05) is 18.1 Å². The summed E-state index contributed by atoms with van der Waals surface area (Å²) >= 11 is 0. The van der Waals surface area contributed by atoms with Crippen molar-refractivity contribution in [3.63, 3.8) is 0 Å². The van der Waals surface area contributed by atoms with Crippen LogP contribution in [-0.4, -0.2) is 12.0 Å². The number of aryl methyl sites for hydroxylation is 1. The molecule has 0 aliphatic rings.